The van der Waals surface area contributed by atoms with E-state index >= 15 is 4.39 Å². The second-order valence-electron chi connectivity index (χ2n) is 13.5. The predicted octanol–water partition coefficient (Wildman–Crippen LogP) is 9.17. The molecular weight excluding hydrogens is 679 g/mol. The lowest BCUT2D eigenvalue weighted by atomic mass is 9.77. The summed E-state index contributed by atoms with van der Waals surface area (Å²) in [6.45, 7) is 5.83. The van der Waals surface area contributed by atoms with Gasteiger partial charge in [-0.15, -0.1) is 0 Å². The van der Waals surface area contributed by atoms with Crippen LogP contribution in [0.3, 0.4) is 0 Å². The molecule has 3 aromatic carbocycles. The Hall–Kier alpha value is -5.87. The molecule has 9 nitrogen and oxygen atoms in total. The van der Waals surface area contributed by atoms with Crippen LogP contribution >= 0.6 is 11.6 Å². The van der Waals surface area contributed by atoms with Crippen molar-refractivity contribution in [2.24, 2.45) is 5.41 Å². The summed E-state index contributed by atoms with van der Waals surface area (Å²) >= 11 is 6.63. The number of fused-ring (bicyclic) bond motifs is 1. The van der Waals surface area contributed by atoms with Crippen molar-refractivity contribution in [3.8, 4) is 23.0 Å². The molecule has 7 aromatic rings. The van der Waals surface area contributed by atoms with Crippen LogP contribution in [0, 0.1) is 11.2 Å². The summed E-state index contributed by atoms with van der Waals surface area (Å²) in [5.41, 5.74) is 1.97. The third-order valence-corrected chi connectivity index (χ3v) is 9.36. The van der Waals surface area contributed by atoms with Crippen molar-refractivity contribution in [2.45, 2.75) is 38.8 Å². The van der Waals surface area contributed by atoms with Crippen molar-refractivity contribution in [3.63, 3.8) is 0 Å². The Morgan fingerprint density at radius 3 is 2.00 bits per heavy atom. The summed E-state index contributed by atoms with van der Waals surface area (Å²) in [5.74, 6) is -1.03. The Morgan fingerprint density at radius 2 is 1.48 bits per heavy atom. The number of benzene rings is 3. The number of esters is 1. The number of pyridine rings is 1. The lowest BCUT2D eigenvalue weighted by molar-refractivity contribution is -0.141. The summed E-state index contributed by atoms with van der Waals surface area (Å²) in [6.07, 6.45) is 2.99. The number of nitrogens with one attached hydrogen (secondary N) is 1. The van der Waals surface area contributed by atoms with Crippen LogP contribution < -0.4 is 5.32 Å². The van der Waals surface area contributed by atoms with Crippen molar-refractivity contribution in [3.05, 3.63) is 149 Å². The molecule has 1 N–H and O–H groups in total. The molecule has 11 heteroatoms. The number of hydrogen-bond acceptors (Lipinski definition) is 8. The molecule has 0 aliphatic carbocycles. The maximum atomic E-state index is 16.5. The molecule has 0 aliphatic rings. The topological polar surface area (TPSA) is 108 Å². The van der Waals surface area contributed by atoms with Crippen molar-refractivity contribution in [1.29, 1.82) is 0 Å². The number of nitrogens with zero attached hydrogens (tertiary/aromatic N) is 5. The van der Waals surface area contributed by atoms with Gasteiger partial charge in [0, 0.05) is 12.2 Å². The molecular formula is C41H36ClFN6O3. The standard InChI is InChI=1S/C41H36ClFN6O3/c1-40(2,3)32(24-33(50)51-4)45-37-34(43)36(31-21-14-22-52-31)46-38(47-37)35-30-23-29(42)25-44-39(30)49(48-35)41(26-15-8-5-9-16-26,27-17-10-6-11-18-27)28-19-12-7-13-20-28/h5-23,25,32H,24H2,1-4H3,(H,45,46,47)/t32-/m1/s1. The molecule has 0 radical (unpaired) electrons. The zero-order chi connectivity index (χ0) is 36.5. The van der Waals surface area contributed by atoms with Crippen LogP contribution in [-0.4, -0.2) is 43.9 Å². The van der Waals surface area contributed by atoms with Gasteiger partial charge in [0.25, 0.3) is 0 Å². The minimum absolute atomic E-state index is 0.0281. The molecule has 0 saturated carbocycles. The first-order chi connectivity index (χ1) is 25.1. The molecule has 7 rings (SSSR count). The van der Waals surface area contributed by atoms with E-state index in [2.05, 4.69) is 41.7 Å². The van der Waals surface area contributed by atoms with Gasteiger partial charge in [-0.3, -0.25) is 4.79 Å². The molecule has 52 heavy (non-hydrogen) atoms. The molecule has 0 saturated heterocycles. The number of methoxy groups -OCH3 is 1. The summed E-state index contributed by atoms with van der Waals surface area (Å²) in [4.78, 5) is 26.8. The van der Waals surface area contributed by atoms with Gasteiger partial charge in [0.2, 0.25) is 0 Å². The van der Waals surface area contributed by atoms with Crippen LogP contribution in [0.15, 0.2) is 126 Å². The van der Waals surface area contributed by atoms with E-state index in [-0.39, 0.29) is 29.5 Å². The third kappa shape index (κ3) is 6.30. The minimum atomic E-state index is -1.04. The van der Waals surface area contributed by atoms with E-state index < -0.39 is 28.8 Å². The lowest BCUT2D eigenvalue weighted by Crippen LogP contribution is -2.38. The predicted molar refractivity (Wildman–Crippen MR) is 199 cm³/mol. The van der Waals surface area contributed by atoms with Crippen LogP contribution in [0.5, 0.6) is 0 Å². The van der Waals surface area contributed by atoms with Gasteiger partial charge in [0.1, 0.15) is 16.9 Å². The summed E-state index contributed by atoms with van der Waals surface area (Å²) in [5, 5.41) is 9.41. The Morgan fingerprint density at radius 1 is 0.885 bits per heavy atom. The summed E-state index contributed by atoms with van der Waals surface area (Å²) in [7, 11) is 1.32. The summed E-state index contributed by atoms with van der Waals surface area (Å²) < 4.78 is 29.0. The zero-order valence-electron chi connectivity index (χ0n) is 29.0. The third-order valence-electron chi connectivity index (χ3n) is 9.15. The van der Waals surface area contributed by atoms with E-state index in [9.17, 15) is 4.79 Å². The van der Waals surface area contributed by atoms with Crippen LogP contribution in [0.1, 0.15) is 43.9 Å². The van der Waals surface area contributed by atoms with Gasteiger partial charge >= 0.3 is 5.97 Å². The normalized spacial score (nSPS) is 12.5. The van der Waals surface area contributed by atoms with E-state index in [1.807, 2.05) is 80.1 Å². The fraction of sp³-hybridized carbons (Fsp3) is 0.195. The quantitative estimate of drug-likeness (QED) is 0.110. The highest BCUT2D eigenvalue weighted by Gasteiger charge is 2.42. The SMILES string of the molecule is COC(=O)C[C@@H](Nc1nc(-c2nn(C(c3ccccc3)(c3ccccc3)c3ccccc3)c3ncc(Cl)cc23)nc(-c2ccco2)c1F)C(C)(C)C. The lowest BCUT2D eigenvalue weighted by Gasteiger charge is -2.36. The number of rotatable bonds is 10. The molecule has 262 valence electrons. The van der Waals surface area contributed by atoms with E-state index in [1.165, 1.54) is 13.4 Å². The first-order valence-electron chi connectivity index (χ1n) is 16.8. The highest BCUT2D eigenvalue weighted by molar-refractivity contribution is 6.31. The number of carbonyl (C=O) groups excluding carboxylic acids is 1. The van der Waals surface area contributed by atoms with Crippen LogP contribution in [0.25, 0.3) is 34.0 Å². The fourth-order valence-electron chi connectivity index (χ4n) is 6.49. The van der Waals surface area contributed by atoms with Crippen molar-refractivity contribution in [2.75, 3.05) is 12.4 Å². The monoisotopic (exact) mass is 714 g/mol. The molecule has 4 aromatic heterocycles. The van der Waals surface area contributed by atoms with Crippen molar-refractivity contribution in [1.82, 2.24) is 24.7 Å². The number of furan rings is 1. The Balaban J connectivity index is 1.54. The van der Waals surface area contributed by atoms with Gasteiger partial charge in [0.05, 0.1) is 30.2 Å². The second-order valence-corrected chi connectivity index (χ2v) is 13.9. The van der Waals surface area contributed by atoms with E-state index in [0.29, 0.717) is 21.7 Å². The molecule has 0 bridgehead atoms. The molecule has 0 spiro atoms. The summed E-state index contributed by atoms with van der Waals surface area (Å²) in [6, 6.07) is 34.7. The van der Waals surface area contributed by atoms with Gasteiger partial charge < -0.3 is 14.5 Å². The van der Waals surface area contributed by atoms with Crippen LogP contribution in [-0.2, 0) is 15.1 Å². The van der Waals surface area contributed by atoms with Crippen LogP contribution in [0.4, 0.5) is 10.2 Å². The molecule has 0 aliphatic heterocycles. The van der Waals surface area contributed by atoms with Gasteiger partial charge in [-0.1, -0.05) is 123 Å². The van der Waals surface area contributed by atoms with Gasteiger partial charge in [-0.2, -0.15) is 5.10 Å². The fourth-order valence-corrected chi connectivity index (χ4v) is 6.65. The van der Waals surface area contributed by atoms with E-state index in [0.717, 1.165) is 16.7 Å². The number of hydrogen-bond donors (Lipinski definition) is 1. The van der Waals surface area contributed by atoms with E-state index in [1.54, 1.807) is 24.4 Å². The maximum absolute atomic E-state index is 16.5. The number of halogens is 2. The first kappa shape index (κ1) is 34.6. The second kappa shape index (κ2) is 14.0. The first-order valence-corrected chi connectivity index (χ1v) is 17.2. The highest BCUT2D eigenvalue weighted by atomic mass is 35.5. The minimum Gasteiger partial charge on any atom is -0.469 e. The average Bonchev–Trinajstić information content (AvgIpc) is 3.83. The number of ether oxygens (including phenoxy) is 1. The van der Waals surface area contributed by atoms with Crippen LogP contribution in [0.2, 0.25) is 5.02 Å². The van der Waals surface area contributed by atoms with Crippen molar-refractivity contribution < 1.29 is 18.3 Å². The van der Waals surface area contributed by atoms with Gasteiger partial charge in [-0.05, 0) is 40.3 Å². The molecule has 0 unspecified atom stereocenters. The van der Waals surface area contributed by atoms with Gasteiger partial charge in [-0.25, -0.2) is 24.0 Å². The van der Waals surface area contributed by atoms with Gasteiger partial charge in [0.15, 0.2) is 28.9 Å². The Labute approximate surface area is 305 Å². The highest BCUT2D eigenvalue weighted by Crippen LogP contribution is 2.44. The average molecular weight is 715 g/mol. The maximum Gasteiger partial charge on any atom is 0.307 e. The molecule has 4 heterocycles. The number of carbonyl (C=O) groups is 1. The zero-order valence-corrected chi connectivity index (χ0v) is 29.8. The Bertz CT molecular complexity index is 2230. The largest absolute Gasteiger partial charge is 0.469 e. The molecule has 0 amide bonds. The Kier molecular flexibility index (Phi) is 9.33. The molecule has 1 atom stereocenters. The molecule has 0 fully saturated rings. The smallest absolute Gasteiger partial charge is 0.307 e. The number of anilines is 1. The van der Waals surface area contributed by atoms with E-state index in [4.69, 9.17) is 40.8 Å². The van der Waals surface area contributed by atoms with Crippen molar-refractivity contribution >= 4 is 34.4 Å². The number of aromatic nitrogens is 5.